The van der Waals surface area contributed by atoms with Gasteiger partial charge in [-0.15, -0.1) is 0 Å². The molecular formula is C61H116O6. The van der Waals surface area contributed by atoms with Crippen LogP contribution in [0.2, 0.25) is 0 Å². The zero-order valence-electron chi connectivity index (χ0n) is 45.5. The van der Waals surface area contributed by atoms with Crippen LogP contribution >= 0.6 is 0 Å². The number of allylic oxidation sites excluding steroid dienone is 2. The van der Waals surface area contributed by atoms with Gasteiger partial charge in [0.15, 0.2) is 6.10 Å². The molecule has 0 aliphatic rings. The average molecular weight is 946 g/mol. The Morgan fingerprint density at radius 2 is 0.493 bits per heavy atom. The van der Waals surface area contributed by atoms with E-state index in [1.54, 1.807) is 0 Å². The van der Waals surface area contributed by atoms with Crippen molar-refractivity contribution in [2.45, 2.75) is 348 Å². The maximum absolute atomic E-state index is 12.9. The van der Waals surface area contributed by atoms with Crippen LogP contribution in [0.1, 0.15) is 342 Å². The molecule has 0 radical (unpaired) electrons. The van der Waals surface area contributed by atoms with E-state index in [-0.39, 0.29) is 31.1 Å². The van der Waals surface area contributed by atoms with Crippen LogP contribution in [0.5, 0.6) is 0 Å². The van der Waals surface area contributed by atoms with Gasteiger partial charge in [-0.05, 0) is 44.9 Å². The van der Waals surface area contributed by atoms with E-state index in [4.69, 9.17) is 14.2 Å². The molecule has 0 aromatic rings. The van der Waals surface area contributed by atoms with Crippen molar-refractivity contribution in [2.75, 3.05) is 13.2 Å². The lowest BCUT2D eigenvalue weighted by molar-refractivity contribution is -0.167. The van der Waals surface area contributed by atoms with Crippen LogP contribution in [0.15, 0.2) is 12.2 Å². The molecular weight excluding hydrogens is 829 g/mol. The fraction of sp³-hybridized carbons (Fsp3) is 0.918. The molecule has 1 unspecified atom stereocenters. The van der Waals surface area contributed by atoms with Gasteiger partial charge in [-0.3, -0.25) is 14.4 Å². The van der Waals surface area contributed by atoms with Crippen molar-refractivity contribution < 1.29 is 28.6 Å². The molecule has 0 fully saturated rings. The number of hydrogen-bond acceptors (Lipinski definition) is 6. The molecule has 0 aliphatic heterocycles. The number of ether oxygens (including phenoxy) is 3. The van der Waals surface area contributed by atoms with Gasteiger partial charge in [-0.25, -0.2) is 0 Å². The topological polar surface area (TPSA) is 78.9 Å². The van der Waals surface area contributed by atoms with E-state index >= 15 is 0 Å². The minimum Gasteiger partial charge on any atom is -0.462 e. The van der Waals surface area contributed by atoms with Crippen LogP contribution in [0.4, 0.5) is 0 Å². The summed E-state index contributed by atoms with van der Waals surface area (Å²) in [4.78, 5) is 38.2. The van der Waals surface area contributed by atoms with Crippen molar-refractivity contribution in [3.63, 3.8) is 0 Å². The molecule has 0 spiro atoms. The Bertz CT molecular complexity index is 1040. The number of unbranched alkanes of at least 4 members (excludes halogenated alkanes) is 43. The highest BCUT2D eigenvalue weighted by Gasteiger charge is 2.19. The summed E-state index contributed by atoms with van der Waals surface area (Å²) in [6.07, 6.45) is 64.9. The molecule has 0 saturated carbocycles. The van der Waals surface area contributed by atoms with E-state index in [1.165, 1.54) is 238 Å². The van der Waals surface area contributed by atoms with Crippen molar-refractivity contribution in [3.8, 4) is 0 Å². The number of hydrogen-bond donors (Lipinski definition) is 0. The minimum atomic E-state index is -0.768. The van der Waals surface area contributed by atoms with Gasteiger partial charge < -0.3 is 14.2 Å². The van der Waals surface area contributed by atoms with Crippen molar-refractivity contribution in [1.29, 1.82) is 0 Å². The zero-order chi connectivity index (χ0) is 48.6. The van der Waals surface area contributed by atoms with Crippen LogP contribution in [0.3, 0.4) is 0 Å². The van der Waals surface area contributed by atoms with E-state index in [0.29, 0.717) is 19.3 Å². The smallest absolute Gasteiger partial charge is 0.306 e. The number of esters is 3. The molecule has 0 aromatic carbocycles. The van der Waals surface area contributed by atoms with Crippen LogP contribution in [-0.4, -0.2) is 37.2 Å². The molecule has 0 bridgehead atoms. The molecule has 0 aliphatic carbocycles. The molecule has 0 amide bonds. The van der Waals surface area contributed by atoms with Gasteiger partial charge in [0.1, 0.15) is 13.2 Å². The normalized spacial score (nSPS) is 12.0. The Morgan fingerprint density at radius 3 is 0.776 bits per heavy atom. The Balaban J connectivity index is 4.26. The Hall–Kier alpha value is -1.85. The first-order chi connectivity index (χ1) is 33.0. The summed E-state index contributed by atoms with van der Waals surface area (Å²) >= 11 is 0. The average Bonchev–Trinajstić information content (AvgIpc) is 3.33. The maximum atomic E-state index is 12.9. The highest BCUT2D eigenvalue weighted by molar-refractivity contribution is 5.71. The number of carbonyl (C=O) groups is 3. The van der Waals surface area contributed by atoms with Crippen LogP contribution in [0, 0.1) is 0 Å². The summed E-state index contributed by atoms with van der Waals surface area (Å²) in [6.45, 7) is 6.68. The predicted molar refractivity (Wildman–Crippen MR) is 289 cm³/mol. The first kappa shape index (κ1) is 65.1. The molecule has 0 rings (SSSR count). The lowest BCUT2D eigenvalue weighted by Crippen LogP contribution is -2.30. The third kappa shape index (κ3) is 55.0. The summed E-state index contributed by atoms with van der Waals surface area (Å²) in [6, 6.07) is 0. The zero-order valence-corrected chi connectivity index (χ0v) is 45.5. The lowest BCUT2D eigenvalue weighted by Gasteiger charge is -2.18. The standard InChI is InChI=1S/C61H116O6/c1-4-7-10-13-16-19-22-25-27-29-31-33-34-36-39-42-45-48-51-54-60(63)66-57-58(56-65-59(62)53-50-47-44-41-38-24-21-18-15-12-9-6-3)67-61(64)55-52-49-46-43-40-37-35-32-30-28-26-23-20-17-14-11-8-5-2/h18,21,58H,4-17,19-20,22-57H2,1-3H3/b21-18-. The van der Waals surface area contributed by atoms with E-state index in [2.05, 4.69) is 32.9 Å². The number of carbonyl (C=O) groups excluding carboxylic acids is 3. The summed E-state index contributed by atoms with van der Waals surface area (Å²) in [7, 11) is 0. The van der Waals surface area contributed by atoms with Crippen molar-refractivity contribution in [1.82, 2.24) is 0 Å². The SMILES string of the molecule is CCCCC/C=C\CCCCCCCC(=O)OCC(COC(=O)CCCCCCCCCCCCCCCCCCCCC)OC(=O)CCCCCCCCCCCCCCCCCCCC. The van der Waals surface area contributed by atoms with Gasteiger partial charge in [-0.2, -0.15) is 0 Å². The Labute approximate surface area is 418 Å². The van der Waals surface area contributed by atoms with Gasteiger partial charge in [0.05, 0.1) is 0 Å². The molecule has 0 heterocycles. The second kappa shape index (κ2) is 56.7. The van der Waals surface area contributed by atoms with Gasteiger partial charge in [0.25, 0.3) is 0 Å². The highest BCUT2D eigenvalue weighted by Crippen LogP contribution is 2.18. The summed E-state index contributed by atoms with van der Waals surface area (Å²) in [5, 5.41) is 0. The largest absolute Gasteiger partial charge is 0.462 e. The Kier molecular flexibility index (Phi) is 55.2. The lowest BCUT2D eigenvalue weighted by atomic mass is 10.0. The second-order valence-corrected chi connectivity index (χ2v) is 20.6. The first-order valence-electron chi connectivity index (χ1n) is 30.2. The van der Waals surface area contributed by atoms with Crippen LogP contribution in [0.25, 0.3) is 0 Å². The summed E-state index contributed by atoms with van der Waals surface area (Å²) in [5.74, 6) is -0.849. The third-order valence-corrected chi connectivity index (χ3v) is 13.8. The minimum absolute atomic E-state index is 0.0663. The molecule has 0 N–H and O–H groups in total. The molecule has 6 nitrogen and oxygen atoms in total. The molecule has 6 heteroatoms. The number of rotatable bonds is 56. The van der Waals surface area contributed by atoms with Gasteiger partial charge in [0.2, 0.25) is 0 Å². The molecule has 67 heavy (non-hydrogen) atoms. The third-order valence-electron chi connectivity index (χ3n) is 13.8. The van der Waals surface area contributed by atoms with Gasteiger partial charge in [-0.1, -0.05) is 290 Å². The van der Waals surface area contributed by atoms with Crippen LogP contribution in [-0.2, 0) is 28.6 Å². The fourth-order valence-corrected chi connectivity index (χ4v) is 9.21. The molecule has 0 aromatic heterocycles. The highest BCUT2D eigenvalue weighted by atomic mass is 16.6. The van der Waals surface area contributed by atoms with Crippen LogP contribution < -0.4 is 0 Å². The van der Waals surface area contributed by atoms with E-state index in [9.17, 15) is 14.4 Å². The predicted octanol–water partition coefficient (Wildman–Crippen LogP) is 20.1. The fourth-order valence-electron chi connectivity index (χ4n) is 9.21. The van der Waals surface area contributed by atoms with Crippen molar-refractivity contribution in [3.05, 3.63) is 12.2 Å². The summed E-state index contributed by atoms with van der Waals surface area (Å²) < 4.78 is 16.9. The van der Waals surface area contributed by atoms with E-state index in [1.807, 2.05) is 0 Å². The second-order valence-electron chi connectivity index (χ2n) is 20.6. The summed E-state index contributed by atoms with van der Waals surface area (Å²) in [5.41, 5.74) is 0. The molecule has 1 atom stereocenters. The van der Waals surface area contributed by atoms with Crippen molar-refractivity contribution >= 4 is 17.9 Å². The first-order valence-corrected chi connectivity index (χ1v) is 30.2. The Morgan fingerprint density at radius 1 is 0.284 bits per heavy atom. The van der Waals surface area contributed by atoms with Gasteiger partial charge >= 0.3 is 17.9 Å². The van der Waals surface area contributed by atoms with Gasteiger partial charge in [0, 0.05) is 19.3 Å². The maximum Gasteiger partial charge on any atom is 0.306 e. The van der Waals surface area contributed by atoms with E-state index < -0.39 is 6.10 Å². The van der Waals surface area contributed by atoms with E-state index in [0.717, 1.165) is 64.2 Å². The van der Waals surface area contributed by atoms with Crippen molar-refractivity contribution in [2.24, 2.45) is 0 Å². The monoisotopic (exact) mass is 945 g/mol. The molecule has 0 saturated heterocycles. The quantitative estimate of drug-likeness (QED) is 0.0262. The molecule has 396 valence electrons.